The summed E-state index contributed by atoms with van der Waals surface area (Å²) in [5.41, 5.74) is 5.93. The van der Waals surface area contributed by atoms with E-state index in [1.807, 2.05) is 38.1 Å². The van der Waals surface area contributed by atoms with E-state index < -0.39 is 5.41 Å². The zero-order valence-corrected chi connectivity index (χ0v) is 44.4. The number of quaternary nitrogens is 2. The van der Waals surface area contributed by atoms with Crippen molar-refractivity contribution in [2.24, 2.45) is 5.41 Å². The number of esters is 2. The number of rotatable bonds is 24. The van der Waals surface area contributed by atoms with Gasteiger partial charge in [-0.2, -0.15) is 0 Å². The molecule has 2 heterocycles. The number of ether oxygens (including phenoxy) is 12. The predicted molar refractivity (Wildman–Crippen MR) is 268 cm³/mol. The summed E-state index contributed by atoms with van der Waals surface area (Å²) in [7, 11) is 20.5. The van der Waals surface area contributed by atoms with Crippen LogP contribution in [0.4, 0.5) is 0 Å². The lowest BCUT2D eigenvalue weighted by molar-refractivity contribution is -0.940. The molecule has 0 aromatic heterocycles. The lowest BCUT2D eigenvalue weighted by Crippen LogP contribution is -2.53. The fourth-order valence-electron chi connectivity index (χ4n) is 10.2. The number of carbonyl (C=O) groups excluding carboxylic acids is 2. The molecule has 2 aliphatic heterocycles. The molecule has 2 aliphatic rings. The first-order valence-corrected chi connectivity index (χ1v) is 24.0. The van der Waals surface area contributed by atoms with E-state index in [1.165, 1.54) is 11.1 Å². The maximum atomic E-state index is 13.6. The van der Waals surface area contributed by atoms with Crippen LogP contribution in [0.25, 0.3) is 0 Å². The Hall–Kier alpha value is -6.26. The molecular formula is C55H76N2O14+2. The molecule has 0 saturated carbocycles. The van der Waals surface area contributed by atoms with E-state index in [1.54, 1.807) is 71.1 Å². The Bertz CT molecular complexity index is 2290. The van der Waals surface area contributed by atoms with Crippen LogP contribution in [0.3, 0.4) is 0 Å². The third-order valence-electron chi connectivity index (χ3n) is 14.5. The molecule has 388 valence electrons. The topological polar surface area (TPSA) is 145 Å². The fourth-order valence-corrected chi connectivity index (χ4v) is 10.2. The Labute approximate surface area is 420 Å². The van der Waals surface area contributed by atoms with Crippen molar-refractivity contribution in [1.82, 2.24) is 0 Å². The summed E-state index contributed by atoms with van der Waals surface area (Å²) in [6, 6.07) is 16.0. The van der Waals surface area contributed by atoms with Gasteiger partial charge in [0.15, 0.2) is 46.0 Å². The monoisotopic (exact) mass is 989 g/mol. The average Bonchev–Trinajstić information content (AvgIpc) is 3.38. The largest absolute Gasteiger partial charge is 0.493 e. The Morgan fingerprint density at radius 2 is 0.775 bits per heavy atom. The maximum absolute atomic E-state index is 13.6. The van der Waals surface area contributed by atoms with Gasteiger partial charge in [0.25, 0.3) is 0 Å². The van der Waals surface area contributed by atoms with Gasteiger partial charge in [-0.3, -0.25) is 9.59 Å². The van der Waals surface area contributed by atoms with Crippen LogP contribution in [0.1, 0.15) is 72.2 Å². The molecule has 71 heavy (non-hydrogen) atoms. The number of fused-ring (bicyclic) bond motifs is 2. The second kappa shape index (κ2) is 23.3. The van der Waals surface area contributed by atoms with Gasteiger partial charge in [-0.15, -0.1) is 0 Å². The molecule has 16 nitrogen and oxygen atoms in total. The van der Waals surface area contributed by atoms with E-state index in [2.05, 4.69) is 38.4 Å². The molecule has 6 rings (SSSR count). The highest BCUT2D eigenvalue weighted by atomic mass is 16.6. The summed E-state index contributed by atoms with van der Waals surface area (Å²) in [5.74, 6) is 5.33. The lowest BCUT2D eigenvalue weighted by atomic mass is 9.86. The zero-order chi connectivity index (χ0) is 51.7. The third kappa shape index (κ3) is 12.1. The zero-order valence-electron chi connectivity index (χ0n) is 44.4. The second-order valence-electron chi connectivity index (χ2n) is 19.7. The molecule has 4 aromatic carbocycles. The van der Waals surface area contributed by atoms with Crippen LogP contribution in [0, 0.1) is 5.41 Å². The maximum Gasteiger partial charge on any atom is 0.311 e. The first-order chi connectivity index (χ1) is 34.0. The average molecular weight is 989 g/mol. The molecule has 16 heteroatoms. The SMILES string of the molecule is COc1cc2c(cc1OC)[C@@H](Cc1cc(OC)c(OC)c(OC)c1)[N+](C)(CCC(=O)OCC(C)(C)COC(=O)CC[N+]1(C)CCc3cc(OC)c(OC)cc3[C@H]1Cc1cc(OC)c(OC)c(OC)c1)CC2. The van der Waals surface area contributed by atoms with E-state index in [0.717, 1.165) is 48.2 Å². The van der Waals surface area contributed by atoms with Crippen LogP contribution in [0.5, 0.6) is 57.5 Å². The smallest absolute Gasteiger partial charge is 0.311 e. The number of hydrogen-bond acceptors (Lipinski definition) is 14. The lowest BCUT2D eigenvalue weighted by Gasteiger charge is -2.46. The second-order valence-corrected chi connectivity index (χ2v) is 19.7. The van der Waals surface area contributed by atoms with Gasteiger partial charge in [-0.25, -0.2) is 0 Å². The molecule has 2 unspecified atom stereocenters. The highest BCUT2D eigenvalue weighted by Gasteiger charge is 2.43. The van der Waals surface area contributed by atoms with Gasteiger partial charge in [0.2, 0.25) is 11.5 Å². The van der Waals surface area contributed by atoms with Crippen molar-refractivity contribution in [3.05, 3.63) is 81.9 Å². The van der Waals surface area contributed by atoms with Gasteiger partial charge >= 0.3 is 11.9 Å². The van der Waals surface area contributed by atoms with E-state index >= 15 is 0 Å². The Morgan fingerprint density at radius 3 is 1.07 bits per heavy atom. The number of nitrogens with zero attached hydrogens (tertiary/aromatic N) is 2. The highest BCUT2D eigenvalue weighted by molar-refractivity contribution is 5.70. The fraction of sp³-hybridized carbons (Fsp3) is 0.527. The van der Waals surface area contributed by atoms with Crippen molar-refractivity contribution in [3.8, 4) is 57.5 Å². The molecule has 0 radical (unpaired) electrons. The van der Waals surface area contributed by atoms with Gasteiger partial charge in [0.05, 0.1) is 137 Å². The van der Waals surface area contributed by atoms with E-state index in [-0.39, 0.29) is 50.1 Å². The molecule has 0 aliphatic carbocycles. The minimum Gasteiger partial charge on any atom is -0.493 e. The van der Waals surface area contributed by atoms with Crippen LogP contribution < -0.4 is 47.4 Å². The summed E-state index contributed by atoms with van der Waals surface area (Å²) in [6.45, 7) is 6.66. The van der Waals surface area contributed by atoms with Gasteiger partial charge in [-0.05, 0) is 70.8 Å². The molecule has 0 spiro atoms. The van der Waals surface area contributed by atoms with Gasteiger partial charge in [-0.1, -0.05) is 13.8 Å². The minimum atomic E-state index is -0.633. The summed E-state index contributed by atoms with van der Waals surface area (Å²) < 4.78 is 70.0. The van der Waals surface area contributed by atoms with Gasteiger partial charge < -0.3 is 65.8 Å². The molecule has 0 fully saturated rings. The van der Waals surface area contributed by atoms with E-state index in [4.69, 9.17) is 56.8 Å². The van der Waals surface area contributed by atoms with Crippen molar-refractivity contribution in [3.63, 3.8) is 0 Å². The number of hydrogen-bond donors (Lipinski definition) is 0. The summed E-state index contributed by atoms with van der Waals surface area (Å²) in [6.07, 6.45) is 3.19. The van der Waals surface area contributed by atoms with Crippen LogP contribution in [-0.4, -0.2) is 145 Å². The Kier molecular flexibility index (Phi) is 17.8. The summed E-state index contributed by atoms with van der Waals surface area (Å²) in [5, 5.41) is 0. The Balaban J connectivity index is 1.11. The van der Waals surface area contributed by atoms with Crippen molar-refractivity contribution >= 4 is 11.9 Å². The van der Waals surface area contributed by atoms with Crippen molar-refractivity contribution < 1.29 is 75.4 Å². The quantitative estimate of drug-likeness (QED) is 0.0495. The Morgan fingerprint density at radius 1 is 0.465 bits per heavy atom. The normalized spacial score (nSPS) is 19.3. The van der Waals surface area contributed by atoms with Crippen molar-refractivity contribution in [2.45, 2.75) is 64.5 Å². The molecular weight excluding hydrogens is 913 g/mol. The van der Waals surface area contributed by atoms with E-state index in [0.29, 0.717) is 92.4 Å². The summed E-state index contributed by atoms with van der Waals surface area (Å²) >= 11 is 0. The number of likely N-dealkylation sites (N-methyl/N-ethyl adjacent to an activating group) is 2. The minimum absolute atomic E-state index is 0.0645. The number of methoxy groups -OCH3 is 10. The molecule has 4 atom stereocenters. The first-order valence-electron chi connectivity index (χ1n) is 24.0. The van der Waals surface area contributed by atoms with Crippen molar-refractivity contribution in [2.75, 3.05) is 125 Å². The first kappa shape index (κ1) is 54.1. The molecule has 0 saturated heterocycles. The molecule has 0 bridgehead atoms. The number of carbonyl (C=O) groups is 2. The number of benzene rings is 4. The standard InChI is InChI=1S/C55H76N2O14/c1-55(2,33-70-51(58)17-21-56(3)19-15-37-29-43(60-5)45(62-7)31-39(37)41(56)23-35-25-47(64-9)53(68-13)48(26-35)65-10)34-71-52(59)18-22-57(4)20-16-38-30-44(61-6)46(63-8)32-40(38)42(57)24-36-27-49(66-11)54(69-14)50(28-36)67-12/h25-32,41-42H,15-24,33-34H2,1-14H3/q+2/t41-,42-,56?,57?/m1/s1. The van der Waals surface area contributed by atoms with Crippen LogP contribution in [0.2, 0.25) is 0 Å². The van der Waals surface area contributed by atoms with Crippen LogP contribution >= 0.6 is 0 Å². The molecule has 0 amide bonds. The predicted octanol–water partition coefficient (Wildman–Crippen LogP) is 7.94. The van der Waals surface area contributed by atoms with Crippen molar-refractivity contribution in [1.29, 1.82) is 0 Å². The molecule has 4 aromatic rings. The highest BCUT2D eigenvalue weighted by Crippen LogP contribution is 2.47. The van der Waals surface area contributed by atoms with Gasteiger partial charge in [0.1, 0.15) is 12.1 Å². The van der Waals surface area contributed by atoms with E-state index in [9.17, 15) is 9.59 Å². The van der Waals surface area contributed by atoms with Gasteiger partial charge in [0, 0.05) is 42.2 Å². The molecule has 0 N–H and O–H groups in total. The third-order valence-corrected chi connectivity index (χ3v) is 14.5. The van der Waals surface area contributed by atoms with Crippen LogP contribution in [-0.2, 0) is 44.7 Å². The summed E-state index contributed by atoms with van der Waals surface area (Å²) in [4.78, 5) is 27.3. The van der Waals surface area contributed by atoms with Crippen LogP contribution in [0.15, 0.2) is 48.5 Å².